The zero-order valence-electron chi connectivity index (χ0n) is 15.8. The molecule has 2 aliphatic heterocycles. The molecule has 0 bridgehead atoms. The van der Waals surface area contributed by atoms with Crippen LogP contribution in [0.15, 0.2) is 24.3 Å². The summed E-state index contributed by atoms with van der Waals surface area (Å²) in [5.74, 6) is -0.210. The van der Waals surface area contributed by atoms with Gasteiger partial charge in [-0.1, -0.05) is 30.7 Å². The van der Waals surface area contributed by atoms with E-state index in [0.29, 0.717) is 17.1 Å². The Kier molecular flexibility index (Phi) is 6.78. The lowest BCUT2D eigenvalue weighted by atomic mass is 9.98. The Labute approximate surface area is 167 Å². The first-order valence-electron chi connectivity index (χ1n) is 9.62. The molecule has 2 saturated heterocycles. The van der Waals surface area contributed by atoms with Gasteiger partial charge in [0.25, 0.3) is 0 Å². The highest BCUT2D eigenvalue weighted by Crippen LogP contribution is 2.24. The topological polar surface area (TPSA) is 60.9 Å². The summed E-state index contributed by atoms with van der Waals surface area (Å²) in [6.07, 6.45) is 1.48. The largest absolute Gasteiger partial charge is 0.340 e. The third-order valence-corrected chi connectivity index (χ3v) is 7.55. The van der Waals surface area contributed by atoms with Gasteiger partial charge in [0, 0.05) is 44.3 Å². The van der Waals surface area contributed by atoms with E-state index in [1.54, 1.807) is 24.3 Å². The van der Waals surface area contributed by atoms with Gasteiger partial charge in [-0.15, -0.1) is 0 Å². The molecule has 0 N–H and O–H groups in total. The maximum absolute atomic E-state index is 12.9. The Bertz CT molecular complexity index is 763. The minimum absolute atomic E-state index is 0.0797. The van der Waals surface area contributed by atoms with Crippen LogP contribution in [0, 0.1) is 5.92 Å². The van der Waals surface area contributed by atoms with Crippen LogP contribution < -0.4 is 0 Å². The van der Waals surface area contributed by atoms with Crippen LogP contribution in [0.2, 0.25) is 5.02 Å². The van der Waals surface area contributed by atoms with E-state index < -0.39 is 10.0 Å². The van der Waals surface area contributed by atoms with Crippen molar-refractivity contribution in [1.82, 2.24) is 14.1 Å². The first-order valence-corrected chi connectivity index (χ1v) is 11.6. The Morgan fingerprint density at radius 3 is 2.59 bits per heavy atom. The molecule has 2 aliphatic rings. The van der Waals surface area contributed by atoms with E-state index in [1.807, 2.05) is 4.90 Å². The molecule has 0 saturated carbocycles. The van der Waals surface area contributed by atoms with Gasteiger partial charge in [-0.25, -0.2) is 12.7 Å². The molecule has 0 aromatic heterocycles. The second kappa shape index (κ2) is 8.90. The molecule has 150 valence electrons. The first-order chi connectivity index (χ1) is 12.9. The lowest BCUT2D eigenvalue weighted by molar-refractivity contribution is -0.138. The third kappa shape index (κ3) is 5.22. The number of hydrogen-bond donors (Lipinski definition) is 0. The highest BCUT2D eigenvalue weighted by Gasteiger charge is 2.35. The van der Waals surface area contributed by atoms with Crippen molar-refractivity contribution in [3.63, 3.8) is 0 Å². The normalized spacial score (nSPS) is 22.7. The summed E-state index contributed by atoms with van der Waals surface area (Å²) < 4.78 is 27.2. The number of likely N-dealkylation sites (N-methyl/N-ethyl adjacent to an activating group) is 1. The van der Waals surface area contributed by atoms with E-state index in [1.165, 1.54) is 4.31 Å². The number of rotatable bonds is 5. The van der Waals surface area contributed by atoms with Crippen LogP contribution in [0.3, 0.4) is 0 Å². The quantitative estimate of drug-likeness (QED) is 0.741. The number of sulfonamides is 1. The van der Waals surface area contributed by atoms with Crippen LogP contribution in [0.4, 0.5) is 0 Å². The van der Waals surface area contributed by atoms with Crippen LogP contribution in [0.5, 0.6) is 0 Å². The van der Waals surface area contributed by atoms with E-state index >= 15 is 0 Å². The monoisotopic (exact) mass is 413 g/mol. The predicted molar refractivity (Wildman–Crippen MR) is 107 cm³/mol. The van der Waals surface area contributed by atoms with Crippen LogP contribution in [-0.2, 0) is 20.6 Å². The van der Waals surface area contributed by atoms with Gasteiger partial charge in [-0.2, -0.15) is 0 Å². The zero-order valence-corrected chi connectivity index (χ0v) is 17.4. The molecule has 1 amide bonds. The molecular weight excluding hydrogens is 386 g/mol. The SMILES string of the molecule is CCN1CCN(C(=O)[C@@H]2CCCN(S(=O)(=O)Cc3cccc(Cl)c3)C2)CC1. The van der Waals surface area contributed by atoms with Gasteiger partial charge in [-0.3, -0.25) is 4.79 Å². The molecule has 1 aromatic rings. The number of piperazine rings is 1. The molecule has 0 radical (unpaired) electrons. The molecule has 6 nitrogen and oxygen atoms in total. The minimum atomic E-state index is -3.47. The number of piperidine rings is 1. The lowest BCUT2D eigenvalue weighted by Gasteiger charge is -2.38. The molecular formula is C19H28ClN3O3S. The summed E-state index contributed by atoms with van der Waals surface area (Å²) in [6.45, 7) is 7.16. The van der Waals surface area contributed by atoms with Gasteiger partial charge in [0.1, 0.15) is 0 Å². The maximum atomic E-state index is 12.9. The fourth-order valence-corrected chi connectivity index (χ4v) is 5.68. The average Bonchev–Trinajstić information content (AvgIpc) is 2.67. The van der Waals surface area contributed by atoms with Crippen LogP contribution in [0.1, 0.15) is 25.3 Å². The highest BCUT2D eigenvalue weighted by molar-refractivity contribution is 7.88. The summed E-state index contributed by atoms with van der Waals surface area (Å²) in [4.78, 5) is 17.1. The summed E-state index contributed by atoms with van der Waals surface area (Å²) in [5.41, 5.74) is 0.673. The van der Waals surface area contributed by atoms with Crippen molar-refractivity contribution >= 4 is 27.5 Å². The van der Waals surface area contributed by atoms with Crippen molar-refractivity contribution in [1.29, 1.82) is 0 Å². The van der Waals surface area contributed by atoms with E-state index in [0.717, 1.165) is 45.6 Å². The molecule has 0 aliphatic carbocycles. The van der Waals surface area contributed by atoms with Gasteiger partial charge in [0.2, 0.25) is 15.9 Å². The van der Waals surface area contributed by atoms with E-state index in [2.05, 4.69) is 11.8 Å². The van der Waals surface area contributed by atoms with Crippen molar-refractivity contribution in [2.24, 2.45) is 5.92 Å². The summed E-state index contributed by atoms with van der Waals surface area (Å²) >= 11 is 5.97. The van der Waals surface area contributed by atoms with Gasteiger partial charge < -0.3 is 9.80 Å². The molecule has 27 heavy (non-hydrogen) atoms. The fourth-order valence-electron chi connectivity index (χ4n) is 3.87. The zero-order chi connectivity index (χ0) is 19.4. The molecule has 2 fully saturated rings. The summed E-state index contributed by atoms with van der Waals surface area (Å²) in [6, 6.07) is 6.93. The van der Waals surface area contributed by atoms with Crippen molar-refractivity contribution < 1.29 is 13.2 Å². The number of carbonyl (C=O) groups excluding carboxylic acids is 1. The van der Waals surface area contributed by atoms with Crippen LogP contribution >= 0.6 is 11.6 Å². The molecule has 0 spiro atoms. The van der Waals surface area contributed by atoms with Crippen LogP contribution in [0.25, 0.3) is 0 Å². The Hall–Kier alpha value is -1.15. The summed E-state index contributed by atoms with van der Waals surface area (Å²) in [5, 5.41) is 0.528. The number of carbonyl (C=O) groups is 1. The van der Waals surface area contributed by atoms with Crippen LogP contribution in [-0.4, -0.2) is 74.2 Å². The van der Waals surface area contributed by atoms with E-state index in [4.69, 9.17) is 11.6 Å². The Balaban J connectivity index is 1.62. The fraction of sp³-hybridized carbons (Fsp3) is 0.632. The number of benzene rings is 1. The maximum Gasteiger partial charge on any atom is 0.227 e. The molecule has 8 heteroatoms. The second-order valence-corrected chi connectivity index (χ2v) is 9.75. The first kappa shape index (κ1) is 20.6. The number of nitrogens with zero attached hydrogens (tertiary/aromatic N) is 3. The average molecular weight is 414 g/mol. The summed E-state index contributed by atoms with van der Waals surface area (Å²) in [7, 11) is -3.47. The molecule has 2 heterocycles. The van der Waals surface area contributed by atoms with Crippen molar-refractivity contribution in [3.05, 3.63) is 34.9 Å². The van der Waals surface area contributed by atoms with Gasteiger partial charge in [-0.05, 0) is 37.1 Å². The van der Waals surface area contributed by atoms with E-state index in [-0.39, 0.29) is 24.1 Å². The molecule has 3 rings (SSSR count). The molecule has 1 aromatic carbocycles. The standard InChI is InChI=1S/C19H28ClN3O3S/c1-2-21-9-11-22(12-10-21)19(24)17-6-4-8-23(14-17)27(25,26)15-16-5-3-7-18(20)13-16/h3,5,7,13,17H,2,4,6,8-12,14-15H2,1H3/t17-/m1/s1. The number of hydrogen-bond acceptors (Lipinski definition) is 4. The molecule has 0 unspecified atom stereocenters. The van der Waals surface area contributed by atoms with Crippen molar-refractivity contribution in [2.45, 2.75) is 25.5 Å². The van der Waals surface area contributed by atoms with Gasteiger partial charge >= 0.3 is 0 Å². The Morgan fingerprint density at radius 2 is 1.93 bits per heavy atom. The number of halogens is 1. The second-order valence-electron chi connectivity index (χ2n) is 7.34. The number of amides is 1. The third-order valence-electron chi connectivity index (χ3n) is 5.50. The highest BCUT2D eigenvalue weighted by atomic mass is 35.5. The molecule has 1 atom stereocenters. The van der Waals surface area contributed by atoms with Gasteiger partial charge in [0.15, 0.2) is 0 Å². The smallest absolute Gasteiger partial charge is 0.227 e. The van der Waals surface area contributed by atoms with Crippen molar-refractivity contribution in [2.75, 3.05) is 45.8 Å². The van der Waals surface area contributed by atoms with Crippen molar-refractivity contribution in [3.8, 4) is 0 Å². The Morgan fingerprint density at radius 1 is 1.19 bits per heavy atom. The predicted octanol–water partition coefficient (Wildman–Crippen LogP) is 2.05. The van der Waals surface area contributed by atoms with E-state index in [9.17, 15) is 13.2 Å². The minimum Gasteiger partial charge on any atom is -0.340 e. The van der Waals surface area contributed by atoms with Gasteiger partial charge in [0.05, 0.1) is 11.7 Å². The lowest BCUT2D eigenvalue weighted by Crippen LogP contribution is -2.53.